The zero-order chi connectivity index (χ0) is 25.7. The van der Waals surface area contributed by atoms with Crippen LogP contribution in [0.1, 0.15) is 34.6 Å². The fourth-order valence-electron chi connectivity index (χ4n) is 4.81. The van der Waals surface area contributed by atoms with Gasteiger partial charge in [0.2, 0.25) is 0 Å². The van der Waals surface area contributed by atoms with Gasteiger partial charge in [0.25, 0.3) is 0 Å². The summed E-state index contributed by atoms with van der Waals surface area (Å²) in [5.74, 6) is 0.149. The third-order valence-corrected chi connectivity index (χ3v) is 7.33. The number of aromatic nitrogens is 4. The molecule has 4 heterocycles. The van der Waals surface area contributed by atoms with Gasteiger partial charge >= 0.3 is 0 Å². The monoisotopic (exact) mass is 523 g/mol. The molecule has 0 radical (unpaired) electrons. The lowest BCUT2D eigenvalue weighted by atomic mass is 9.91. The molecule has 37 heavy (non-hydrogen) atoms. The van der Waals surface area contributed by atoms with E-state index >= 15 is 0 Å². The Bertz CT molecular complexity index is 1510. The summed E-state index contributed by atoms with van der Waals surface area (Å²) in [5, 5.41) is 20.4. The first-order valence-corrected chi connectivity index (χ1v) is 12.4. The summed E-state index contributed by atoms with van der Waals surface area (Å²) in [6.45, 7) is 3.63. The van der Waals surface area contributed by atoms with E-state index in [0.717, 1.165) is 10.6 Å². The van der Waals surface area contributed by atoms with Crippen LogP contribution in [0.15, 0.2) is 47.6 Å². The van der Waals surface area contributed by atoms with E-state index in [2.05, 4.69) is 25.1 Å². The number of aliphatic hydroxyl groups is 1. The fourth-order valence-corrected chi connectivity index (χ4v) is 5.69. The molecule has 2 fully saturated rings. The second-order valence-corrected chi connectivity index (χ2v) is 10.1. The molecule has 3 unspecified atom stereocenters. The van der Waals surface area contributed by atoms with Gasteiger partial charge in [-0.2, -0.15) is 5.10 Å². The van der Waals surface area contributed by atoms with Crippen molar-refractivity contribution in [2.75, 3.05) is 6.61 Å². The molecule has 13 heteroatoms. The lowest BCUT2D eigenvalue weighted by Crippen LogP contribution is -2.58. The van der Waals surface area contributed by atoms with Crippen LogP contribution in [-0.4, -0.2) is 55.8 Å². The molecule has 2 aromatic carbocycles. The Hall–Kier alpha value is -3.45. The number of aliphatic hydroxyl groups excluding tert-OH is 1. The molecule has 4 aromatic rings. The van der Waals surface area contributed by atoms with Crippen LogP contribution in [0.5, 0.6) is 0 Å². The highest BCUT2D eigenvalue weighted by Gasteiger charge is 2.51. The van der Waals surface area contributed by atoms with Crippen LogP contribution in [0.3, 0.4) is 0 Å². The molecule has 190 valence electrons. The number of benzene rings is 2. The maximum atomic E-state index is 14.9. The molecule has 0 bridgehead atoms. The van der Waals surface area contributed by atoms with E-state index in [1.807, 2.05) is 37.3 Å². The van der Waals surface area contributed by atoms with Crippen LogP contribution in [0, 0.1) is 19.7 Å². The Morgan fingerprint density at radius 1 is 1.19 bits per heavy atom. The van der Waals surface area contributed by atoms with E-state index in [1.165, 1.54) is 22.1 Å². The minimum atomic E-state index is -1.31. The van der Waals surface area contributed by atoms with Crippen molar-refractivity contribution in [3.05, 3.63) is 80.9 Å². The van der Waals surface area contributed by atoms with Crippen LogP contribution in [0.2, 0.25) is 0 Å². The Kier molecular flexibility index (Phi) is 6.11. The summed E-state index contributed by atoms with van der Waals surface area (Å²) >= 11 is 1.36. The molecule has 0 saturated carbocycles. The second kappa shape index (κ2) is 9.45. The number of aryl methyl sites for hydroxylation is 2. The number of rotatable bonds is 4. The Labute approximate surface area is 214 Å². The molecule has 1 N–H and O–H groups in total. The van der Waals surface area contributed by atoms with Crippen molar-refractivity contribution in [2.45, 2.75) is 50.6 Å². The lowest BCUT2D eigenvalue weighted by molar-refractivity contribution is -0.309. The maximum Gasteiger partial charge on any atom is 0.184 e. The third kappa shape index (κ3) is 4.25. The molecule has 11 nitrogen and oxygen atoms in total. The van der Waals surface area contributed by atoms with Crippen molar-refractivity contribution in [1.29, 1.82) is 0 Å². The number of ether oxygens (including phenoxy) is 3. The van der Waals surface area contributed by atoms with Gasteiger partial charge in [-0.3, -0.25) is 0 Å². The highest BCUT2D eigenvalue weighted by Crippen LogP contribution is 2.40. The Morgan fingerprint density at radius 2 is 2.00 bits per heavy atom. The number of nitrogens with zero attached hydrogens (tertiary/aromatic N) is 7. The number of thiazole rings is 1. The molecular weight excluding hydrogens is 501 g/mol. The third-order valence-electron chi connectivity index (χ3n) is 6.41. The first kappa shape index (κ1) is 23.9. The van der Waals surface area contributed by atoms with Crippen LogP contribution in [0.4, 0.5) is 4.39 Å². The van der Waals surface area contributed by atoms with Crippen LogP contribution in [0.25, 0.3) is 26.3 Å². The highest BCUT2D eigenvalue weighted by molar-refractivity contribution is 7.18. The van der Waals surface area contributed by atoms with E-state index in [9.17, 15) is 15.0 Å². The quantitative estimate of drug-likeness (QED) is 0.240. The summed E-state index contributed by atoms with van der Waals surface area (Å²) in [5.41, 5.74) is 10.8. The van der Waals surface area contributed by atoms with E-state index < -0.39 is 42.6 Å². The number of azide groups is 1. The van der Waals surface area contributed by atoms with Crippen molar-refractivity contribution in [1.82, 2.24) is 19.7 Å². The molecule has 2 aliphatic heterocycles. The van der Waals surface area contributed by atoms with Gasteiger partial charge in [0.05, 0.1) is 34.1 Å². The van der Waals surface area contributed by atoms with Crippen LogP contribution in [-0.2, 0) is 14.2 Å². The minimum absolute atomic E-state index is 0.138. The predicted octanol–water partition coefficient (Wildman–Crippen LogP) is 4.23. The van der Waals surface area contributed by atoms with Crippen molar-refractivity contribution in [3.63, 3.8) is 0 Å². The molecule has 0 amide bonds. The summed E-state index contributed by atoms with van der Waals surface area (Å²) in [6.07, 6.45) is -4.46. The van der Waals surface area contributed by atoms with E-state index in [0.29, 0.717) is 16.2 Å². The summed E-state index contributed by atoms with van der Waals surface area (Å²) in [6, 6.07) is 11.4. The van der Waals surface area contributed by atoms with Gasteiger partial charge in [-0.25, -0.2) is 19.0 Å². The smallest absolute Gasteiger partial charge is 0.184 e. The van der Waals surface area contributed by atoms with E-state index in [-0.39, 0.29) is 17.9 Å². The molecule has 6 rings (SSSR count). The van der Waals surface area contributed by atoms with Crippen molar-refractivity contribution in [2.24, 2.45) is 5.11 Å². The van der Waals surface area contributed by atoms with Crippen LogP contribution < -0.4 is 0 Å². The normalized spacial score (nSPS) is 27.6. The van der Waals surface area contributed by atoms with Gasteiger partial charge < -0.3 is 19.3 Å². The predicted molar refractivity (Wildman–Crippen MR) is 131 cm³/mol. The largest absolute Gasteiger partial charge is 0.389 e. The fraction of sp³-hybridized carbons (Fsp3) is 0.375. The van der Waals surface area contributed by atoms with Gasteiger partial charge in [-0.15, -0.1) is 11.3 Å². The van der Waals surface area contributed by atoms with Gasteiger partial charge in [-0.05, 0) is 25.4 Å². The topological polar surface area (TPSA) is 140 Å². The summed E-state index contributed by atoms with van der Waals surface area (Å²) in [7, 11) is 0. The molecule has 2 aliphatic rings. The number of halogens is 1. The SMILES string of the molecule is Cc1nc([C@@H]2OC3COC(c4ccccc4)O[C@@H]3[C@H](N=[N+]=[N-])C2O)n(-c2cc(F)c3nc(C)sc3c2)n1. The standard InChI is InChI=1S/C24H22FN7O4S/c1-11-27-23(32(30-11)14-8-15(25)18-17(9-14)37-12(2)28-18)22-20(33)19(29-31-26)21-16(35-22)10-34-24(36-21)13-6-4-3-5-7-13/h3-9,16,19-22,24,33H,10H2,1-2H3/t16?,19-,20?,21+,22-,24?/m1/s1. The Balaban J connectivity index is 1.36. The molecule has 2 aromatic heterocycles. The second-order valence-electron chi connectivity index (χ2n) is 8.89. The van der Waals surface area contributed by atoms with E-state index in [4.69, 9.17) is 14.2 Å². The van der Waals surface area contributed by atoms with Gasteiger partial charge in [-0.1, -0.05) is 35.4 Å². The lowest BCUT2D eigenvalue weighted by Gasteiger charge is -2.46. The molecule has 2 saturated heterocycles. The Morgan fingerprint density at radius 3 is 2.78 bits per heavy atom. The van der Waals surface area contributed by atoms with Gasteiger partial charge in [0, 0.05) is 16.5 Å². The highest BCUT2D eigenvalue weighted by atomic mass is 32.1. The average molecular weight is 524 g/mol. The molecular formula is C24H22FN7O4S. The minimum Gasteiger partial charge on any atom is -0.389 e. The van der Waals surface area contributed by atoms with E-state index in [1.54, 1.807) is 13.0 Å². The number of fused-ring (bicyclic) bond motifs is 2. The number of hydrogen-bond acceptors (Lipinski definition) is 9. The van der Waals surface area contributed by atoms with Crippen molar-refractivity contribution >= 4 is 21.6 Å². The maximum absolute atomic E-state index is 14.9. The number of hydrogen-bond donors (Lipinski definition) is 1. The average Bonchev–Trinajstić information content (AvgIpc) is 3.48. The van der Waals surface area contributed by atoms with Crippen molar-refractivity contribution < 1.29 is 23.7 Å². The molecule has 6 atom stereocenters. The first-order chi connectivity index (χ1) is 17.9. The van der Waals surface area contributed by atoms with Gasteiger partial charge in [0.15, 0.2) is 17.9 Å². The zero-order valence-electron chi connectivity index (χ0n) is 19.8. The summed E-state index contributed by atoms with van der Waals surface area (Å²) in [4.78, 5) is 11.7. The van der Waals surface area contributed by atoms with Crippen LogP contribution >= 0.6 is 11.3 Å². The first-order valence-electron chi connectivity index (χ1n) is 11.6. The summed E-state index contributed by atoms with van der Waals surface area (Å²) < 4.78 is 35.2. The molecule has 0 spiro atoms. The van der Waals surface area contributed by atoms with Gasteiger partial charge in [0.1, 0.15) is 29.7 Å². The molecule has 0 aliphatic carbocycles. The zero-order valence-corrected chi connectivity index (χ0v) is 20.6. The van der Waals surface area contributed by atoms with Crippen molar-refractivity contribution in [3.8, 4) is 5.69 Å².